The van der Waals surface area contributed by atoms with Crippen LogP contribution in [0.3, 0.4) is 0 Å². The highest BCUT2D eigenvalue weighted by molar-refractivity contribution is 5.94. The van der Waals surface area contributed by atoms with E-state index in [4.69, 9.17) is 4.74 Å². The van der Waals surface area contributed by atoms with Crippen molar-refractivity contribution in [1.82, 2.24) is 10.2 Å². The average molecular weight is 338 g/mol. The van der Waals surface area contributed by atoms with E-state index < -0.39 is 0 Å². The number of ether oxygens (including phenoxy) is 1. The third kappa shape index (κ3) is 3.82. The Labute approximate surface area is 147 Å². The van der Waals surface area contributed by atoms with E-state index in [1.54, 1.807) is 25.1 Å². The molecule has 1 heterocycles. The van der Waals surface area contributed by atoms with Crippen molar-refractivity contribution in [2.45, 2.75) is 12.3 Å². The number of amides is 2. The number of carbonyl (C=O) groups is 2. The van der Waals surface area contributed by atoms with E-state index >= 15 is 0 Å². The molecule has 3 rings (SSSR count). The van der Waals surface area contributed by atoms with Gasteiger partial charge in [0, 0.05) is 31.8 Å². The van der Waals surface area contributed by atoms with Crippen LogP contribution in [-0.2, 0) is 11.2 Å². The summed E-state index contributed by atoms with van der Waals surface area (Å²) in [5.74, 6) is 0.492. The lowest BCUT2D eigenvalue weighted by atomic mass is 10.0. The number of nitrogens with zero attached hydrogens (tertiary/aromatic N) is 1. The topological polar surface area (TPSA) is 58.6 Å². The molecular formula is C20H22N2O3. The summed E-state index contributed by atoms with van der Waals surface area (Å²) in [4.78, 5) is 26.0. The second-order valence-electron chi connectivity index (χ2n) is 6.34. The molecule has 1 N–H and O–H groups in total. The lowest BCUT2D eigenvalue weighted by Gasteiger charge is -2.12. The molecule has 1 atom stereocenters. The molecule has 0 bridgehead atoms. The first-order valence-corrected chi connectivity index (χ1v) is 8.36. The van der Waals surface area contributed by atoms with E-state index in [0.717, 1.165) is 16.9 Å². The van der Waals surface area contributed by atoms with E-state index in [9.17, 15) is 9.59 Å². The molecule has 2 aromatic rings. The summed E-state index contributed by atoms with van der Waals surface area (Å²) in [5, 5.41) is 2.97. The van der Waals surface area contributed by atoms with Gasteiger partial charge in [0.05, 0.1) is 0 Å². The Hall–Kier alpha value is -2.82. The van der Waals surface area contributed by atoms with Crippen LogP contribution in [0.5, 0.6) is 5.75 Å². The Morgan fingerprint density at radius 1 is 1.16 bits per heavy atom. The monoisotopic (exact) mass is 338 g/mol. The van der Waals surface area contributed by atoms with Crippen LogP contribution in [0.15, 0.2) is 48.5 Å². The first-order chi connectivity index (χ1) is 12.1. The fourth-order valence-corrected chi connectivity index (χ4v) is 2.95. The van der Waals surface area contributed by atoms with Crippen LogP contribution >= 0.6 is 0 Å². The van der Waals surface area contributed by atoms with Gasteiger partial charge in [-0.25, -0.2) is 0 Å². The summed E-state index contributed by atoms with van der Waals surface area (Å²) in [7, 11) is 3.47. The van der Waals surface area contributed by atoms with Crippen LogP contribution in [0, 0.1) is 0 Å². The number of carbonyl (C=O) groups excluding carboxylic acids is 2. The predicted molar refractivity (Wildman–Crippen MR) is 95.9 cm³/mol. The van der Waals surface area contributed by atoms with E-state index in [1.165, 1.54) is 0 Å². The van der Waals surface area contributed by atoms with Crippen LogP contribution in [0.2, 0.25) is 0 Å². The Morgan fingerprint density at radius 3 is 2.76 bits per heavy atom. The second-order valence-corrected chi connectivity index (χ2v) is 6.34. The van der Waals surface area contributed by atoms with Gasteiger partial charge in [-0.3, -0.25) is 9.59 Å². The molecule has 25 heavy (non-hydrogen) atoms. The maximum atomic E-state index is 12.4. The summed E-state index contributed by atoms with van der Waals surface area (Å²) in [6.45, 7) is 0.912. The van der Waals surface area contributed by atoms with Gasteiger partial charge >= 0.3 is 0 Å². The quantitative estimate of drug-likeness (QED) is 0.909. The Bertz CT molecular complexity index is 786. The molecule has 0 aromatic heterocycles. The molecule has 2 aromatic carbocycles. The van der Waals surface area contributed by atoms with Crippen molar-refractivity contribution < 1.29 is 14.3 Å². The molecule has 0 spiro atoms. The summed E-state index contributed by atoms with van der Waals surface area (Å²) in [5.41, 5.74) is 2.63. The highest BCUT2D eigenvalue weighted by Crippen LogP contribution is 2.33. The van der Waals surface area contributed by atoms with Crippen LogP contribution in [-0.4, -0.2) is 44.0 Å². The number of para-hydroxylation sites is 1. The number of nitrogens with one attached hydrogen (secondary N) is 1. The number of hydrogen-bond acceptors (Lipinski definition) is 3. The lowest BCUT2D eigenvalue weighted by Crippen LogP contribution is -2.31. The molecule has 0 saturated heterocycles. The molecule has 0 radical (unpaired) electrons. The van der Waals surface area contributed by atoms with Crippen molar-refractivity contribution in [1.29, 1.82) is 0 Å². The van der Waals surface area contributed by atoms with Crippen molar-refractivity contribution >= 4 is 11.8 Å². The van der Waals surface area contributed by atoms with Crippen molar-refractivity contribution in [3.05, 3.63) is 65.2 Å². The average Bonchev–Trinajstić information content (AvgIpc) is 3.05. The normalized spacial score (nSPS) is 15.2. The van der Waals surface area contributed by atoms with Gasteiger partial charge in [0.1, 0.15) is 18.3 Å². The molecule has 0 fully saturated rings. The number of fused-ring (bicyclic) bond motifs is 1. The highest BCUT2D eigenvalue weighted by atomic mass is 16.5. The number of hydrogen-bond donors (Lipinski definition) is 1. The van der Waals surface area contributed by atoms with E-state index in [0.29, 0.717) is 25.1 Å². The van der Waals surface area contributed by atoms with Crippen LogP contribution in [0.1, 0.15) is 27.4 Å². The Morgan fingerprint density at radius 2 is 1.96 bits per heavy atom. The third-order valence-electron chi connectivity index (χ3n) is 4.31. The molecule has 0 unspecified atom stereocenters. The Kier molecular flexibility index (Phi) is 5.03. The molecule has 2 amide bonds. The molecule has 1 aliphatic heterocycles. The standard InChI is InChI=1S/C20H22N2O3/c1-22(2)20(24)15-7-5-6-14(12-15)10-11-21-19(23)17-13-25-18-9-4-3-8-16(17)18/h3-9,12,17H,10-11,13H2,1-2H3,(H,21,23)/t17-/m1/s1. The first kappa shape index (κ1) is 17.0. The van der Waals surface area contributed by atoms with E-state index in [-0.39, 0.29) is 17.7 Å². The fourth-order valence-electron chi connectivity index (χ4n) is 2.95. The van der Waals surface area contributed by atoms with Gasteiger partial charge < -0.3 is 15.0 Å². The van der Waals surface area contributed by atoms with Gasteiger partial charge in [0.2, 0.25) is 5.91 Å². The molecule has 1 aliphatic rings. The maximum Gasteiger partial charge on any atom is 0.253 e. The lowest BCUT2D eigenvalue weighted by molar-refractivity contribution is -0.122. The van der Waals surface area contributed by atoms with Crippen molar-refractivity contribution in [3.8, 4) is 5.75 Å². The van der Waals surface area contributed by atoms with Gasteiger partial charge in [-0.1, -0.05) is 30.3 Å². The molecule has 0 saturated carbocycles. The third-order valence-corrected chi connectivity index (χ3v) is 4.31. The number of rotatable bonds is 5. The summed E-state index contributed by atoms with van der Waals surface area (Å²) in [6, 6.07) is 15.2. The molecule has 0 aliphatic carbocycles. The molecule has 5 heteroatoms. The minimum atomic E-state index is -0.252. The van der Waals surface area contributed by atoms with Crippen molar-refractivity contribution in [3.63, 3.8) is 0 Å². The highest BCUT2D eigenvalue weighted by Gasteiger charge is 2.29. The van der Waals surface area contributed by atoms with Gasteiger partial charge in [-0.15, -0.1) is 0 Å². The minimum Gasteiger partial charge on any atom is -0.492 e. The first-order valence-electron chi connectivity index (χ1n) is 8.36. The zero-order valence-corrected chi connectivity index (χ0v) is 14.5. The van der Waals surface area contributed by atoms with Gasteiger partial charge in [-0.2, -0.15) is 0 Å². The van der Waals surface area contributed by atoms with Gasteiger partial charge in [0.15, 0.2) is 0 Å². The predicted octanol–water partition coefficient (Wildman–Crippen LogP) is 2.22. The van der Waals surface area contributed by atoms with E-state index in [1.807, 2.05) is 42.5 Å². The van der Waals surface area contributed by atoms with Gasteiger partial charge in [0.25, 0.3) is 5.91 Å². The molecular weight excluding hydrogens is 316 g/mol. The summed E-state index contributed by atoms with van der Waals surface area (Å²) < 4.78 is 5.56. The molecule has 130 valence electrons. The second kappa shape index (κ2) is 7.38. The molecule has 5 nitrogen and oxygen atoms in total. The summed E-state index contributed by atoms with van der Waals surface area (Å²) in [6.07, 6.45) is 0.676. The number of benzene rings is 2. The largest absolute Gasteiger partial charge is 0.492 e. The Balaban J connectivity index is 1.56. The van der Waals surface area contributed by atoms with Crippen molar-refractivity contribution in [2.24, 2.45) is 0 Å². The van der Waals surface area contributed by atoms with Gasteiger partial charge in [-0.05, 0) is 30.2 Å². The zero-order valence-electron chi connectivity index (χ0n) is 14.5. The van der Waals surface area contributed by atoms with Crippen LogP contribution in [0.4, 0.5) is 0 Å². The summed E-state index contributed by atoms with van der Waals surface area (Å²) >= 11 is 0. The zero-order chi connectivity index (χ0) is 17.8. The van der Waals surface area contributed by atoms with Crippen molar-refractivity contribution in [2.75, 3.05) is 27.2 Å². The SMILES string of the molecule is CN(C)C(=O)c1cccc(CCNC(=O)[C@@H]2COc3ccccc32)c1. The minimum absolute atomic E-state index is 0.0226. The smallest absolute Gasteiger partial charge is 0.253 e. The van der Waals surface area contributed by atoms with E-state index in [2.05, 4.69) is 5.32 Å². The van der Waals surface area contributed by atoms with Crippen LogP contribution < -0.4 is 10.1 Å². The maximum absolute atomic E-state index is 12.4. The van der Waals surface area contributed by atoms with Crippen LogP contribution in [0.25, 0.3) is 0 Å². The fraction of sp³-hybridized carbons (Fsp3) is 0.300.